The Morgan fingerprint density at radius 1 is 1.25 bits per heavy atom. The van der Waals surface area contributed by atoms with Gasteiger partial charge in [-0.1, -0.05) is 0 Å². The molecule has 0 unspecified atom stereocenters. The van der Waals surface area contributed by atoms with Gasteiger partial charge in [-0.15, -0.1) is 0 Å². The average molecular weight is 336 g/mol. The normalized spacial score (nSPS) is 10.9. The Morgan fingerprint density at radius 3 is 2.85 bits per heavy atom. The van der Waals surface area contributed by atoms with Gasteiger partial charge in [-0.3, -0.25) is 0 Å². The third kappa shape index (κ3) is 2.38. The van der Waals surface area contributed by atoms with Crippen molar-refractivity contribution in [3.63, 3.8) is 0 Å². The van der Waals surface area contributed by atoms with E-state index in [4.69, 9.17) is 4.74 Å². The molecule has 3 aromatic rings. The van der Waals surface area contributed by atoms with E-state index in [0.29, 0.717) is 28.4 Å². The zero-order valence-electron chi connectivity index (χ0n) is 10.7. The maximum atomic E-state index is 13.1. The highest BCUT2D eigenvalue weighted by Crippen LogP contribution is 2.28. The fourth-order valence-electron chi connectivity index (χ4n) is 1.91. The Hall–Kier alpha value is -1.95. The SMILES string of the molecule is CCOc1ccc2[nH]c(-c3ccc(F)cc3Br)nc2n1. The maximum absolute atomic E-state index is 13.1. The molecule has 0 spiro atoms. The van der Waals surface area contributed by atoms with Crippen molar-refractivity contribution in [2.45, 2.75) is 6.92 Å². The summed E-state index contributed by atoms with van der Waals surface area (Å²) in [7, 11) is 0. The molecule has 2 aromatic heterocycles. The first kappa shape index (κ1) is 13.1. The van der Waals surface area contributed by atoms with Crippen molar-refractivity contribution in [3.8, 4) is 17.3 Å². The maximum Gasteiger partial charge on any atom is 0.215 e. The molecule has 20 heavy (non-hydrogen) atoms. The number of H-pyrrole nitrogens is 1. The molecule has 0 amide bonds. The topological polar surface area (TPSA) is 50.8 Å². The Morgan fingerprint density at radius 2 is 2.10 bits per heavy atom. The highest BCUT2D eigenvalue weighted by molar-refractivity contribution is 9.10. The number of aromatic amines is 1. The Labute approximate surface area is 123 Å². The van der Waals surface area contributed by atoms with Gasteiger partial charge in [0.05, 0.1) is 12.1 Å². The second-order valence-electron chi connectivity index (χ2n) is 4.16. The van der Waals surface area contributed by atoms with E-state index in [2.05, 4.69) is 30.9 Å². The van der Waals surface area contributed by atoms with Gasteiger partial charge in [0.2, 0.25) is 5.88 Å². The summed E-state index contributed by atoms with van der Waals surface area (Å²) in [5.74, 6) is 0.873. The third-order valence-electron chi connectivity index (χ3n) is 2.80. The minimum Gasteiger partial charge on any atom is -0.478 e. The summed E-state index contributed by atoms with van der Waals surface area (Å²) in [4.78, 5) is 11.9. The second-order valence-corrected chi connectivity index (χ2v) is 5.02. The molecule has 3 rings (SSSR count). The van der Waals surface area contributed by atoms with Crippen molar-refractivity contribution in [3.05, 3.63) is 40.6 Å². The monoisotopic (exact) mass is 335 g/mol. The van der Waals surface area contributed by atoms with Crippen molar-refractivity contribution < 1.29 is 9.13 Å². The first-order valence-corrected chi connectivity index (χ1v) is 6.91. The molecule has 0 saturated heterocycles. The summed E-state index contributed by atoms with van der Waals surface area (Å²) in [6.45, 7) is 2.46. The summed E-state index contributed by atoms with van der Waals surface area (Å²) in [6.07, 6.45) is 0. The predicted molar refractivity (Wildman–Crippen MR) is 78.2 cm³/mol. The summed E-state index contributed by atoms with van der Waals surface area (Å²) < 4.78 is 19.1. The van der Waals surface area contributed by atoms with Crippen LogP contribution in [0.2, 0.25) is 0 Å². The van der Waals surface area contributed by atoms with E-state index in [0.717, 1.165) is 11.1 Å². The molecule has 102 valence electrons. The number of fused-ring (bicyclic) bond motifs is 1. The van der Waals surface area contributed by atoms with E-state index in [1.165, 1.54) is 12.1 Å². The van der Waals surface area contributed by atoms with E-state index in [1.54, 1.807) is 12.1 Å². The van der Waals surface area contributed by atoms with Gasteiger partial charge < -0.3 is 9.72 Å². The van der Waals surface area contributed by atoms with Crippen LogP contribution in [0.4, 0.5) is 4.39 Å². The first-order chi connectivity index (χ1) is 9.67. The summed E-state index contributed by atoms with van der Waals surface area (Å²) in [6, 6.07) is 8.11. The molecule has 0 aliphatic rings. The van der Waals surface area contributed by atoms with Crippen molar-refractivity contribution in [2.24, 2.45) is 0 Å². The number of imidazole rings is 1. The van der Waals surface area contributed by atoms with Gasteiger partial charge in [0.25, 0.3) is 0 Å². The van der Waals surface area contributed by atoms with E-state index in [-0.39, 0.29) is 5.82 Å². The number of hydrogen-bond acceptors (Lipinski definition) is 3. The Kier molecular flexibility index (Phi) is 3.40. The molecule has 0 atom stereocenters. The molecular weight excluding hydrogens is 325 g/mol. The largest absolute Gasteiger partial charge is 0.478 e. The smallest absolute Gasteiger partial charge is 0.215 e. The van der Waals surface area contributed by atoms with Crippen molar-refractivity contribution in [1.29, 1.82) is 0 Å². The molecule has 0 radical (unpaired) electrons. The van der Waals surface area contributed by atoms with Crippen LogP contribution in [0.25, 0.3) is 22.6 Å². The van der Waals surface area contributed by atoms with Gasteiger partial charge in [0, 0.05) is 16.1 Å². The highest BCUT2D eigenvalue weighted by Gasteiger charge is 2.11. The van der Waals surface area contributed by atoms with Crippen LogP contribution in [0.3, 0.4) is 0 Å². The molecule has 6 heteroatoms. The predicted octanol–water partition coefficient (Wildman–Crippen LogP) is 3.93. The minimum absolute atomic E-state index is 0.298. The van der Waals surface area contributed by atoms with Crippen LogP contribution in [-0.4, -0.2) is 21.6 Å². The molecule has 1 aromatic carbocycles. The lowest BCUT2D eigenvalue weighted by molar-refractivity contribution is 0.328. The van der Waals surface area contributed by atoms with Gasteiger partial charge in [-0.2, -0.15) is 4.98 Å². The van der Waals surface area contributed by atoms with Crippen molar-refractivity contribution in [1.82, 2.24) is 15.0 Å². The summed E-state index contributed by atoms with van der Waals surface area (Å²) >= 11 is 3.34. The lowest BCUT2D eigenvalue weighted by Crippen LogP contribution is -1.93. The van der Waals surface area contributed by atoms with E-state index in [9.17, 15) is 4.39 Å². The molecular formula is C14H11BrFN3O. The van der Waals surface area contributed by atoms with Crippen molar-refractivity contribution >= 4 is 27.1 Å². The van der Waals surface area contributed by atoms with Crippen LogP contribution in [0, 0.1) is 5.82 Å². The molecule has 0 fully saturated rings. The number of rotatable bonds is 3. The number of halogens is 2. The van der Waals surface area contributed by atoms with Crippen LogP contribution >= 0.6 is 15.9 Å². The number of hydrogen-bond donors (Lipinski definition) is 1. The van der Waals surface area contributed by atoms with Crippen LogP contribution in [0.1, 0.15) is 6.92 Å². The molecule has 0 saturated carbocycles. The van der Waals surface area contributed by atoms with Gasteiger partial charge in [0.1, 0.15) is 11.6 Å². The molecule has 1 N–H and O–H groups in total. The molecule has 0 aliphatic heterocycles. The average Bonchev–Trinajstić information content (AvgIpc) is 2.81. The van der Waals surface area contributed by atoms with E-state index in [1.807, 2.05) is 13.0 Å². The Bertz CT molecular complexity index is 772. The highest BCUT2D eigenvalue weighted by atomic mass is 79.9. The standard InChI is InChI=1S/C14H11BrFN3O/c1-2-20-12-6-5-11-14(18-12)19-13(17-11)9-4-3-8(16)7-10(9)15/h3-7H,2H2,1H3,(H,17,18,19). The second kappa shape index (κ2) is 5.20. The lowest BCUT2D eigenvalue weighted by Gasteiger charge is -1.99. The van der Waals surface area contributed by atoms with Crippen LogP contribution in [-0.2, 0) is 0 Å². The van der Waals surface area contributed by atoms with Gasteiger partial charge in [-0.05, 0) is 47.1 Å². The zero-order valence-corrected chi connectivity index (χ0v) is 12.2. The first-order valence-electron chi connectivity index (χ1n) is 6.12. The number of pyridine rings is 1. The third-order valence-corrected chi connectivity index (χ3v) is 3.45. The van der Waals surface area contributed by atoms with Crippen LogP contribution in [0.5, 0.6) is 5.88 Å². The van der Waals surface area contributed by atoms with Gasteiger partial charge in [-0.25, -0.2) is 9.37 Å². The Balaban J connectivity index is 2.08. The van der Waals surface area contributed by atoms with Gasteiger partial charge in [0.15, 0.2) is 5.65 Å². The minimum atomic E-state index is -0.298. The number of aromatic nitrogens is 3. The zero-order chi connectivity index (χ0) is 14.1. The fourth-order valence-corrected chi connectivity index (χ4v) is 2.45. The molecule has 2 heterocycles. The molecule has 0 bridgehead atoms. The van der Waals surface area contributed by atoms with Crippen molar-refractivity contribution in [2.75, 3.05) is 6.61 Å². The molecule has 4 nitrogen and oxygen atoms in total. The molecule has 0 aliphatic carbocycles. The van der Waals surface area contributed by atoms with Crippen LogP contribution in [0.15, 0.2) is 34.8 Å². The number of benzene rings is 1. The lowest BCUT2D eigenvalue weighted by atomic mass is 10.2. The number of ether oxygens (including phenoxy) is 1. The summed E-state index contributed by atoms with van der Waals surface area (Å²) in [5, 5.41) is 0. The fraction of sp³-hybridized carbons (Fsp3) is 0.143. The van der Waals surface area contributed by atoms with E-state index >= 15 is 0 Å². The van der Waals surface area contributed by atoms with Crippen LogP contribution < -0.4 is 4.74 Å². The number of nitrogens with one attached hydrogen (secondary N) is 1. The quantitative estimate of drug-likeness (QED) is 0.789. The number of nitrogens with zero attached hydrogens (tertiary/aromatic N) is 2. The summed E-state index contributed by atoms with van der Waals surface area (Å²) in [5.41, 5.74) is 2.16. The van der Waals surface area contributed by atoms with Gasteiger partial charge >= 0.3 is 0 Å². The van der Waals surface area contributed by atoms with E-state index < -0.39 is 0 Å².